The summed E-state index contributed by atoms with van der Waals surface area (Å²) in [5.74, 6) is 0. The zero-order valence-corrected chi connectivity index (χ0v) is 12.0. The first-order valence-electron chi connectivity index (χ1n) is 5.17. The third-order valence-corrected chi connectivity index (χ3v) is 12.2. The van der Waals surface area contributed by atoms with Crippen LogP contribution >= 0.6 is 0 Å². The number of rotatable bonds is 9. The number of hydrogen-bond donors (Lipinski definition) is 0. The van der Waals surface area contributed by atoms with Crippen molar-refractivity contribution in [3.8, 4) is 0 Å². The van der Waals surface area contributed by atoms with Crippen LogP contribution in [-0.4, -0.2) is 19.8 Å². The van der Waals surface area contributed by atoms with Crippen LogP contribution in [0.5, 0.6) is 0 Å². The molecule has 0 aromatic rings. The SMILES string of the molecule is C=CC[CH2][SnH]([CH2]CC=C)[CH2]CC=C. The standard InChI is InChI=1S/3C4H7.Sn.H/c3*1-3-4-2;;/h3*3H,1-2,4H2;;. The molecule has 0 saturated heterocycles. The molecule has 1 heteroatoms. The molecule has 0 rings (SSSR count). The van der Waals surface area contributed by atoms with Crippen LogP contribution in [0.25, 0.3) is 0 Å². The van der Waals surface area contributed by atoms with E-state index in [0.29, 0.717) is 0 Å². The van der Waals surface area contributed by atoms with Gasteiger partial charge in [0.05, 0.1) is 0 Å². The number of allylic oxidation sites excluding steroid dienone is 3. The van der Waals surface area contributed by atoms with E-state index in [1.54, 1.807) is 0 Å². The van der Waals surface area contributed by atoms with E-state index in [9.17, 15) is 0 Å². The molecule has 0 N–H and O–H groups in total. The Morgan fingerprint density at radius 1 is 0.692 bits per heavy atom. The third-order valence-electron chi connectivity index (χ3n) is 2.34. The monoisotopic (exact) mass is 286 g/mol. The zero-order chi connectivity index (χ0) is 9.94. The fourth-order valence-electron chi connectivity index (χ4n) is 1.49. The van der Waals surface area contributed by atoms with Crippen molar-refractivity contribution in [3.63, 3.8) is 0 Å². The van der Waals surface area contributed by atoms with Gasteiger partial charge in [-0.2, -0.15) is 0 Å². The quantitative estimate of drug-likeness (QED) is 0.444. The van der Waals surface area contributed by atoms with Gasteiger partial charge in [0.15, 0.2) is 0 Å². The third kappa shape index (κ3) is 8.35. The molecule has 0 unspecified atom stereocenters. The molecule has 0 aliphatic carbocycles. The first kappa shape index (κ1) is 13.0. The molecule has 0 aliphatic heterocycles. The van der Waals surface area contributed by atoms with Crippen molar-refractivity contribution >= 4 is 19.8 Å². The van der Waals surface area contributed by atoms with E-state index in [2.05, 4.69) is 38.0 Å². The second kappa shape index (κ2) is 10.1. The van der Waals surface area contributed by atoms with E-state index >= 15 is 0 Å². The van der Waals surface area contributed by atoms with Crippen LogP contribution in [0, 0.1) is 0 Å². The Balaban J connectivity index is 3.64. The van der Waals surface area contributed by atoms with Crippen LogP contribution in [-0.2, 0) is 0 Å². The Morgan fingerprint density at radius 2 is 1.00 bits per heavy atom. The summed E-state index contributed by atoms with van der Waals surface area (Å²) in [6, 6.07) is 0. The van der Waals surface area contributed by atoms with Gasteiger partial charge >= 0.3 is 90.3 Å². The van der Waals surface area contributed by atoms with Crippen LogP contribution in [0.1, 0.15) is 19.3 Å². The predicted octanol–water partition coefficient (Wildman–Crippen LogP) is 3.94. The summed E-state index contributed by atoms with van der Waals surface area (Å²) in [6.07, 6.45) is 9.88. The van der Waals surface area contributed by atoms with Gasteiger partial charge in [0.25, 0.3) is 0 Å². The van der Waals surface area contributed by atoms with Gasteiger partial charge in [0, 0.05) is 0 Å². The van der Waals surface area contributed by atoms with Crippen molar-refractivity contribution in [3.05, 3.63) is 38.0 Å². The molecule has 0 heterocycles. The van der Waals surface area contributed by atoms with Crippen LogP contribution in [0.15, 0.2) is 38.0 Å². The molecule has 0 amide bonds. The predicted molar refractivity (Wildman–Crippen MR) is 66.0 cm³/mol. The van der Waals surface area contributed by atoms with Gasteiger partial charge in [-0.3, -0.25) is 0 Å². The Hall–Kier alpha value is 0.0187. The summed E-state index contributed by atoms with van der Waals surface area (Å²) in [7, 11) is 0. The van der Waals surface area contributed by atoms with Gasteiger partial charge in [-0.05, 0) is 0 Å². The second-order valence-electron chi connectivity index (χ2n) is 3.46. The molecule has 0 aliphatic rings. The maximum atomic E-state index is 3.79. The van der Waals surface area contributed by atoms with Crippen molar-refractivity contribution in [2.45, 2.75) is 32.6 Å². The molecule has 0 aromatic heterocycles. The summed E-state index contributed by atoms with van der Waals surface area (Å²) in [6.45, 7) is 11.4. The molecule has 0 radical (unpaired) electrons. The van der Waals surface area contributed by atoms with Crippen molar-refractivity contribution in [1.29, 1.82) is 0 Å². The second-order valence-corrected chi connectivity index (χ2v) is 13.4. The number of hydrogen-bond acceptors (Lipinski definition) is 0. The minimum absolute atomic E-state index is 1.18. The van der Waals surface area contributed by atoms with Gasteiger partial charge < -0.3 is 0 Å². The van der Waals surface area contributed by atoms with E-state index in [4.69, 9.17) is 0 Å². The summed E-state index contributed by atoms with van der Waals surface area (Å²) >= 11 is -1.18. The minimum atomic E-state index is -1.18. The van der Waals surface area contributed by atoms with E-state index in [1.807, 2.05) is 0 Å². The molecule has 0 bridgehead atoms. The van der Waals surface area contributed by atoms with Crippen molar-refractivity contribution in [2.24, 2.45) is 0 Å². The maximum absolute atomic E-state index is 3.79. The molecule has 0 aromatic carbocycles. The van der Waals surface area contributed by atoms with E-state index < -0.39 is 19.8 Å². The molecule has 0 nitrogen and oxygen atoms in total. The Labute approximate surface area is 90.2 Å². The molecule has 74 valence electrons. The van der Waals surface area contributed by atoms with Crippen LogP contribution in [0.2, 0.25) is 13.3 Å². The molecule has 0 fully saturated rings. The normalized spacial score (nSPS) is 9.92. The molecule has 0 spiro atoms. The fraction of sp³-hybridized carbons (Fsp3) is 0.500. The first-order chi connectivity index (χ1) is 6.35. The Morgan fingerprint density at radius 3 is 1.23 bits per heavy atom. The van der Waals surface area contributed by atoms with Crippen molar-refractivity contribution in [2.75, 3.05) is 0 Å². The van der Waals surface area contributed by atoms with Crippen LogP contribution in [0.4, 0.5) is 0 Å². The Bertz CT molecular complexity index is 121. The van der Waals surface area contributed by atoms with E-state index in [1.165, 1.54) is 32.6 Å². The van der Waals surface area contributed by atoms with E-state index in [0.717, 1.165) is 0 Å². The molecule has 0 saturated carbocycles. The van der Waals surface area contributed by atoms with E-state index in [-0.39, 0.29) is 0 Å². The average Bonchev–Trinajstić information content (AvgIpc) is 2.17. The van der Waals surface area contributed by atoms with Crippen molar-refractivity contribution in [1.82, 2.24) is 0 Å². The molecule has 13 heavy (non-hydrogen) atoms. The van der Waals surface area contributed by atoms with Gasteiger partial charge in [-0.15, -0.1) is 0 Å². The summed E-state index contributed by atoms with van der Waals surface area (Å²) in [5, 5.41) is 0. The Kier molecular flexibility index (Phi) is 10.1. The zero-order valence-electron chi connectivity index (χ0n) is 8.67. The van der Waals surface area contributed by atoms with Gasteiger partial charge in [-0.25, -0.2) is 0 Å². The van der Waals surface area contributed by atoms with Crippen LogP contribution in [0.3, 0.4) is 0 Å². The molecular weight excluding hydrogens is 263 g/mol. The topological polar surface area (TPSA) is 0 Å². The van der Waals surface area contributed by atoms with Crippen molar-refractivity contribution < 1.29 is 0 Å². The molecular formula is C12H22Sn. The average molecular weight is 285 g/mol. The summed E-state index contributed by atoms with van der Waals surface area (Å²) in [5.41, 5.74) is 0. The summed E-state index contributed by atoms with van der Waals surface area (Å²) < 4.78 is 4.44. The molecule has 0 atom stereocenters. The van der Waals surface area contributed by atoms with Crippen LogP contribution < -0.4 is 0 Å². The van der Waals surface area contributed by atoms with Gasteiger partial charge in [0.1, 0.15) is 0 Å². The first-order valence-corrected chi connectivity index (χ1v) is 12.2. The van der Waals surface area contributed by atoms with Gasteiger partial charge in [0.2, 0.25) is 0 Å². The van der Waals surface area contributed by atoms with Gasteiger partial charge in [-0.1, -0.05) is 0 Å². The fourth-order valence-corrected chi connectivity index (χ4v) is 10.0. The summed E-state index contributed by atoms with van der Waals surface area (Å²) in [4.78, 5) is 0.